The number of amides is 2. The number of carbonyl (C=O) groups is 2. The minimum Gasteiger partial charge on any atom is -0.494 e. The lowest BCUT2D eigenvalue weighted by Crippen LogP contribution is -2.50. The van der Waals surface area contributed by atoms with Crippen molar-refractivity contribution in [2.45, 2.75) is 20.8 Å². The first kappa shape index (κ1) is 24.8. The molecular weight excluding hydrogens is 460 g/mol. The largest absolute Gasteiger partial charge is 0.494 e. The van der Waals surface area contributed by atoms with E-state index in [1.54, 1.807) is 24.3 Å². The zero-order chi connectivity index (χ0) is 24.0. The Labute approximate surface area is 205 Å². The van der Waals surface area contributed by atoms with Gasteiger partial charge in [0.25, 0.3) is 5.91 Å². The van der Waals surface area contributed by atoms with E-state index in [0.29, 0.717) is 54.8 Å². The van der Waals surface area contributed by atoms with E-state index >= 15 is 0 Å². The first-order chi connectivity index (χ1) is 15.8. The van der Waals surface area contributed by atoms with Crippen molar-refractivity contribution in [3.8, 4) is 5.75 Å². The van der Waals surface area contributed by atoms with E-state index in [1.807, 2.05) is 43.9 Å². The third-order valence-corrected chi connectivity index (χ3v) is 5.80. The molecule has 0 unspecified atom stereocenters. The van der Waals surface area contributed by atoms with Gasteiger partial charge in [-0.15, -0.1) is 0 Å². The van der Waals surface area contributed by atoms with Crippen molar-refractivity contribution in [1.82, 2.24) is 10.2 Å². The van der Waals surface area contributed by atoms with Gasteiger partial charge in [-0.3, -0.25) is 14.9 Å². The van der Waals surface area contributed by atoms with Crippen molar-refractivity contribution in [1.29, 1.82) is 0 Å². The van der Waals surface area contributed by atoms with Crippen molar-refractivity contribution in [2.75, 3.05) is 43.0 Å². The lowest BCUT2D eigenvalue weighted by Gasteiger charge is -2.38. The van der Waals surface area contributed by atoms with Crippen LogP contribution in [0.3, 0.4) is 0 Å². The molecule has 33 heavy (non-hydrogen) atoms. The lowest BCUT2D eigenvalue weighted by molar-refractivity contribution is -0.134. The van der Waals surface area contributed by atoms with Crippen LogP contribution >= 0.6 is 23.8 Å². The molecule has 0 spiro atoms. The number of para-hydroxylation sites is 1. The van der Waals surface area contributed by atoms with Crippen molar-refractivity contribution in [3.63, 3.8) is 0 Å². The summed E-state index contributed by atoms with van der Waals surface area (Å²) in [6, 6.07) is 12.4. The minimum absolute atomic E-state index is 0.0227. The standard InChI is InChI=1S/C24H29ClN4O3S/c1-4-32-18-10-8-17(9-11-18)22(30)27-24(33)26-20-7-5-6-19(25)21(20)28-12-14-29(15-13-28)23(31)16(2)3/h5-11,16H,4,12-15H2,1-3H3,(H2,26,27,30,33). The molecule has 0 aliphatic carbocycles. The van der Waals surface area contributed by atoms with E-state index in [2.05, 4.69) is 15.5 Å². The average Bonchev–Trinajstić information content (AvgIpc) is 2.79. The number of piperazine rings is 1. The Morgan fingerprint density at radius 3 is 2.36 bits per heavy atom. The number of hydrogen-bond acceptors (Lipinski definition) is 5. The molecule has 2 amide bonds. The maximum absolute atomic E-state index is 12.6. The monoisotopic (exact) mass is 488 g/mol. The second-order valence-electron chi connectivity index (χ2n) is 7.97. The molecule has 9 heteroatoms. The molecule has 0 bridgehead atoms. The van der Waals surface area contributed by atoms with E-state index in [1.165, 1.54) is 0 Å². The van der Waals surface area contributed by atoms with Crippen LogP contribution in [0.1, 0.15) is 31.1 Å². The average molecular weight is 489 g/mol. The van der Waals surface area contributed by atoms with Gasteiger partial charge in [-0.25, -0.2) is 0 Å². The highest BCUT2D eigenvalue weighted by atomic mass is 35.5. The van der Waals surface area contributed by atoms with Crippen LogP contribution in [-0.4, -0.2) is 54.6 Å². The molecule has 0 atom stereocenters. The van der Waals surface area contributed by atoms with Gasteiger partial charge in [-0.2, -0.15) is 0 Å². The van der Waals surface area contributed by atoms with Gasteiger partial charge in [0.05, 0.1) is 23.0 Å². The summed E-state index contributed by atoms with van der Waals surface area (Å²) in [5.74, 6) is 0.518. The van der Waals surface area contributed by atoms with Crippen LogP contribution in [0.2, 0.25) is 5.02 Å². The molecule has 2 aromatic carbocycles. The number of benzene rings is 2. The normalized spacial score (nSPS) is 13.6. The summed E-state index contributed by atoms with van der Waals surface area (Å²) in [4.78, 5) is 28.9. The van der Waals surface area contributed by atoms with E-state index in [-0.39, 0.29) is 22.8 Å². The summed E-state index contributed by atoms with van der Waals surface area (Å²) in [6.45, 7) is 8.84. The molecule has 2 N–H and O–H groups in total. The second-order valence-corrected chi connectivity index (χ2v) is 8.78. The van der Waals surface area contributed by atoms with Crippen LogP contribution in [0.15, 0.2) is 42.5 Å². The van der Waals surface area contributed by atoms with Gasteiger partial charge in [0.15, 0.2) is 5.11 Å². The molecule has 1 heterocycles. The maximum Gasteiger partial charge on any atom is 0.257 e. The number of halogens is 1. The van der Waals surface area contributed by atoms with Crippen LogP contribution in [-0.2, 0) is 4.79 Å². The quantitative estimate of drug-likeness (QED) is 0.594. The third kappa shape index (κ3) is 6.36. The molecule has 3 rings (SSSR count). The Morgan fingerprint density at radius 2 is 1.76 bits per heavy atom. The zero-order valence-corrected chi connectivity index (χ0v) is 20.6. The smallest absolute Gasteiger partial charge is 0.257 e. The minimum atomic E-state index is -0.320. The lowest BCUT2D eigenvalue weighted by atomic mass is 10.1. The topological polar surface area (TPSA) is 73.9 Å². The molecule has 2 aromatic rings. The fourth-order valence-corrected chi connectivity index (χ4v) is 4.15. The number of anilines is 2. The molecular formula is C24H29ClN4O3S. The molecule has 0 radical (unpaired) electrons. The van der Waals surface area contributed by atoms with Crippen LogP contribution in [0.4, 0.5) is 11.4 Å². The van der Waals surface area contributed by atoms with Crippen molar-refractivity contribution in [2.24, 2.45) is 5.92 Å². The Bertz CT molecular complexity index is 1010. The summed E-state index contributed by atoms with van der Waals surface area (Å²) in [5.41, 5.74) is 1.97. The van der Waals surface area contributed by atoms with Crippen LogP contribution in [0.5, 0.6) is 5.75 Å². The predicted octanol–water partition coefficient (Wildman–Crippen LogP) is 4.17. The highest BCUT2D eigenvalue weighted by molar-refractivity contribution is 7.80. The van der Waals surface area contributed by atoms with Crippen LogP contribution in [0.25, 0.3) is 0 Å². The summed E-state index contributed by atoms with van der Waals surface area (Å²) >= 11 is 11.9. The van der Waals surface area contributed by atoms with Gasteiger partial charge < -0.3 is 19.9 Å². The van der Waals surface area contributed by atoms with E-state index in [0.717, 1.165) is 5.69 Å². The molecule has 0 saturated carbocycles. The fourth-order valence-electron chi connectivity index (χ4n) is 3.65. The second kappa shape index (κ2) is 11.3. The summed E-state index contributed by atoms with van der Waals surface area (Å²) in [5, 5.41) is 6.55. The number of nitrogens with zero attached hydrogens (tertiary/aromatic N) is 2. The fraction of sp³-hybridized carbons (Fsp3) is 0.375. The molecule has 1 fully saturated rings. The van der Waals surface area contributed by atoms with Crippen molar-refractivity contribution in [3.05, 3.63) is 53.1 Å². The van der Waals surface area contributed by atoms with E-state index in [9.17, 15) is 9.59 Å². The Hall–Kier alpha value is -2.84. The molecule has 1 aliphatic rings. The number of rotatable bonds is 6. The first-order valence-corrected chi connectivity index (χ1v) is 11.8. The highest BCUT2D eigenvalue weighted by Crippen LogP contribution is 2.34. The van der Waals surface area contributed by atoms with Gasteiger partial charge in [-0.1, -0.05) is 31.5 Å². The Morgan fingerprint density at radius 1 is 1.09 bits per heavy atom. The first-order valence-electron chi connectivity index (χ1n) is 11.0. The molecule has 0 aromatic heterocycles. The number of ether oxygens (including phenoxy) is 1. The Balaban J connectivity index is 1.66. The van der Waals surface area contributed by atoms with Crippen LogP contribution in [0, 0.1) is 5.92 Å². The highest BCUT2D eigenvalue weighted by Gasteiger charge is 2.25. The van der Waals surface area contributed by atoms with Gasteiger partial charge in [-0.05, 0) is 55.5 Å². The summed E-state index contributed by atoms with van der Waals surface area (Å²) < 4.78 is 5.41. The van der Waals surface area contributed by atoms with Gasteiger partial charge in [0.1, 0.15) is 5.75 Å². The van der Waals surface area contributed by atoms with Crippen molar-refractivity contribution < 1.29 is 14.3 Å². The predicted molar refractivity (Wildman–Crippen MR) is 136 cm³/mol. The van der Waals surface area contributed by atoms with Gasteiger partial charge in [0.2, 0.25) is 5.91 Å². The summed E-state index contributed by atoms with van der Waals surface area (Å²) in [6.07, 6.45) is 0. The Kier molecular flexibility index (Phi) is 8.52. The summed E-state index contributed by atoms with van der Waals surface area (Å²) in [7, 11) is 0. The van der Waals surface area contributed by atoms with Gasteiger partial charge >= 0.3 is 0 Å². The van der Waals surface area contributed by atoms with E-state index in [4.69, 9.17) is 28.6 Å². The molecule has 1 aliphatic heterocycles. The zero-order valence-electron chi connectivity index (χ0n) is 19.1. The molecule has 176 valence electrons. The SMILES string of the molecule is CCOc1ccc(C(=O)NC(=S)Nc2cccc(Cl)c2N2CCN(C(=O)C(C)C)CC2)cc1. The number of nitrogens with one attached hydrogen (secondary N) is 2. The number of hydrogen-bond donors (Lipinski definition) is 2. The molecule has 1 saturated heterocycles. The van der Waals surface area contributed by atoms with Gasteiger partial charge in [0, 0.05) is 37.7 Å². The third-order valence-electron chi connectivity index (χ3n) is 5.29. The number of thiocarbonyl (C=S) groups is 1. The maximum atomic E-state index is 12.6. The number of carbonyl (C=O) groups excluding carboxylic acids is 2. The van der Waals surface area contributed by atoms with Crippen LogP contribution < -0.4 is 20.3 Å². The molecule has 7 nitrogen and oxygen atoms in total. The van der Waals surface area contributed by atoms with E-state index < -0.39 is 0 Å². The van der Waals surface area contributed by atoms with Crippen molar-refractivity contribution >= 4 is 52.1 Å².